The SMILES string of the molecule is I.I.I.I.[Se].[Se]. The normalized spacial score (nSPS) is 0. The van der Waals surface area contributed by atoms with E-state index in [0.29, 0.717) is 0 Å². The van der Waals surface area contributed by atoms with Crippen molar-refractivity contribution < 1.29 is 0 Å². The van der Waals surface area contributed by atoms with Crippen LogP contribution in [-0.4, -0.2) is 34.1 Å². The van der Waals surface area contributed by atoms with Crippen LogP contribution in [0.2, 0.25) is 0 Å². The van der Waals surface area contributed by atoms with Crippen LogP contribution in [0.15, 0.2) is 0 Å². The van der Waals surface area contributed by atoms with Gasteiger partial charge in [-0.25, -0.2) is 0 Å². The molecular weight excluding hydrogens is 666 g/mol. The van der Waals surface area contributed by atoms with Gasteiger partial charge in [0.15, 0.2) is 0 Å². The molecule has 0 saturated heterocycles. The van der Waals surface area contributed by atoms with Gasteiger partial charge in [-0.1, -0.05) is 0 Å². The Morgan fingerprint density at radius 2 is 0.333 bits per heavy atom. The Labute approximate surface area is 127 Å². The van der Waals surface area contributed by atoms with E-state index in [4.69, 9.17) is 0 Å². The molecule has 0 saturated carbocycles. The molecule has 0 rings (SSSR count). The summed E-state index contributed by atoms with van der Waals surface area (Å²) in [7, 11) is 0. The second-order valence-corrected chi connectivity index (χ2v) is 0. The largest absolute Gasteiger partial charge is 0.107 e. The van der Waals surface area contributed by atoms with Crippen LogP contribution in [0.25, 0.3) is 0 Å². The summed E-state index contributed by atoms with van der Waals surface area (Å²) in [6.45, 7) is 0. The Bertz CT molecular complexity index is 5.51. The molecule has 0 unspecified atom stereocenters. The molecule has 0 atom stereocenters. The number of halogens is 4. The Morgan fingerprint density at radius 3 is 0.333 bits per heavy atom. The zero-order chi connectivity index (χ0) is 0. The monoisotopic (exact) mass is 671 g/mol. The van der Waals surface area contributed by atoms with E-state index in [1.165, 1.54) is 0 Å². The van der Waals surface area contributed by atoms with E-state index in [0.717, 1.165) is 0 Å². The standard InChI is InChI=1S/4HI.2Se/h4*1H;;. The summed E-state index contributed by atoms with van der Waals surface area (Å²) in [6.07, 6.45) is 0. The van der Waals surface area contributed by atoms with E-state index in [2.05, 4.69) is 0 Å². The van der Waals surface area contributed by atoms with Gasteiger partial charge in [0, 0.05) is 34.1 Å². The molecule has 0 aliphatic carbocycles. The molecule has 0 heterocycles. The Morgan fingerprint density at radius 1 is 0.333 bits per heavy atom. The van der Waals surface area contributed by atoms with Gasteiger partial charge in [0.1, 0.15) is 0 Å². The maximum atomic E-state index is 0. The second kappa shape index (κ2) is 36.2. The van der Waals surface area contributed by atoms with Gasteiger partial charge < -0.3 is 0 Å². The molecule has 0 spiro atoms. The number of hydrogen-bond acceptors (Lipinski definition) is 0. The minimum absolute atomic E-state index is 0. The molecule has 0 aromatic heterocycles. The van der Waals surface area contributed by atoms with Crippen LogP contribution < -0.4 is 0 Å². The summed E-state index contributed by atoms with van der Waals surface area (Å²) in [5, 5.41) is 0. The molecule has 44 valence electrons. The van der Waals surface area contributed by atoms with Gasteiger partial charge in [0.2, 0.25) is 0 Å². The van der Waals surface area contributed by atoms with Crippen LogP contribution in [0.5, 0.6) is 0 Å². The topological polar surface area (TPSA) is 0 Å². The molecule has 6 heavy (non-hydrogen) atoms. The van der Waals surface area contributed by atoms with Crippen molar-refractivity contribution in [2.45, 2.75) is 0 Å². The van der Waals surface area contributed by atoms with Crippen LogP contribution >= 0.6 is 95.9 Å². The predicted octanol–water partition coefficient (Wildman–Crippen LogP) is 1.71. The van der Waals surface area contributed by atoms with Gasteiger partial charge in [-0.15, -0.1) is 95.9 Å². The molecule has 0 aromatic carbocycles. The van der Waals surface area contributed by atoms with Gasteiger partial charge in [0.05, 0.1) is 0 Å². The summed E-state index contributed by atoms with van der Waals surface area (Å²) >= 11 is 0. The first kappa shape index (κ1) is 51.0. The minimum Gasteiger partial charge on any atom is -0.107 e. The zero-order valence-electron chi connectivity index (χ0n) is 2.45. The second-order valence-electron chi connectivity index (χ2n) is 0. The summed E-state index contributed by atoms with van der Waals surface area (Å²) in [4.78, 5) is 0. The molecule has 6 heteroatoms. The molecule has 0 amide bonds. The quantitative estimate of drug-likeness (QED) is 0.273. The van der Waals surface area contributed by atoms with Crippen molar-refractivity contribution in [1.29, 1.82) is 0 Å². The average molecular weight is 670 g/mol. The molecule has 0 aliphatic heterocycles. The summed E-state index contributed by atoms with van der Waals surface area (Å²) < 4.78 is 0. The van der Waals surface area contributed by atoms with Crippen LogP contribution in [0.1, 0.15) is 0 Å². The first-order chi connectivity index (χ1) is 0. The smallest absolute Gasteiger partial charge is 0 e. The first-order valence-corrected chi connectivity index (χ1v) is 0. The first-order valence-electron chi connectivity index (χ1n) is 0. The van der Waals surface area contributed by atoms with E-state index >= 15 is 0 Å². The third-order valence-corrected chi connectivity index (χ3v) is 0. The molecule has 4 radical (unpaired) electrons. The summed E-state index contributed by atoms with van der Waals surface area (Å²) in [5.41, 5.74) is 0. The van der Waals surface area contributed by atoms with Crippen molar-refractivity contribution in [3.63, 3.8) is 0 Å². The van der Waals surface area contributed by atoms with Gasteiger partial charge in [-0.2, -0.15) is 0 Å². The third kappa shape index (κ3) is 24.6. The van der Waals surface area contributed by atoms with Crippen molar-refractivity contribution in [1.82, 2.24) is 0 Å². The van der Waals surface area contributed by atoms with Gasteiger partial charge in [0.25, 0.3) is 0 Å². The summed E-state index contributed by atoms with van der Waals surface area (Å²) in [5.74, 6) is 0. The number of rotatable bonds is 0. The average Bonchev–Trinajstić information content (AvgIpc) is 0. The fraction of sp³-hybridized carbons (Fsp3) is 0. The van der Waals surface area contributed by atoms with E-state index in [-0.39, 0.29) is 130 Å². The van der Waals surface area contributed by atoms with E-state index in [1.54, 1.807) is 0 Å². The van der Waals surface area contributed by atoms with Crippen molar-refractivity contribution in [2.75, 3.05) is 0 Å². The molecular formula is H4I4Se2. The van der Waals surface area contributed by atoms with E-state index in [1.807, 2.05) is 0 Å². The van der Waals surface area contributed by atoms with Crippen molar-refractivity contribution in [2.24, 2.45) is 0 Å². The van der Waals surface area contributed by atoms with Crippen LogP contribution in [-0.2, 0) is 0 Å². The van der Waals surface area contributed by atoms with Gasteiger partial charge >= 0.3 is 0 Å². The molecule has 0 nitrogen and oxygen atoms in total. The van der Waals surface area contributed by atoms with Crippen LogP contribution in [0.3, 0.4) is 0 Å². The molecule has 0 aromatic rings. The van der Waals surface area contributed by atoms with Gasteiger partial charge in [-0.3, -0.25) is 0 Å². The van der Waals surface area contributed by atoms with Crippen LogP contribution in [0.4, 0.5) is 0 Å². The van der Waals surface area contributed by atoms with Crippen molar-refractivity contribution >= 4 is 130 Å². The summed E-state index contributed by atoms with van der Waals surface area (Å²) in [6, 6.07) is 0. The van der Waals surface area contributed by atoms with E-state index in [9.17, 15) is 0 Å². The number of hydrogen-bond donors (Lipinski definition) is 0. The molecule has 0 fully saturated rings. The maximum Gasteiger partial charge on any atom is 0 e. The van der Waals surface area contributed by atoms with Crippen molar-refractivity contribution in [3.05, 3.63) is 0 Å². The molecule has 0 bridgehead atoms. The van der Waals surface area contributed by atoms with Gasteiger partial charge in [-0.05, 0) is 0 Å². The Kier molecular flexibility index (Phi) is 308. The fourth-order valence-electron chi connectivity index (χ4n) is 0. The van der Waals surface area contributed by atoms with Crippen molar-refractivity contribution in [3.8, 4) is 0 Å². The Balaban J connectivity index is 0. The third-order valence-electron chi connectivity index (χ3n) is 0. The maximum absolute atomic E-state index is 0. The minimum atomic E-state index is 0. The molecule has 0 aliphatic rings. The molecule has 0 N–H and O–H groups in total. The van der Waals surface area contributed by atoms with E-state index < -0.39 is 0 Å². The Hall–Kier alpha value is 3.96. The predicted molar refractivity (Wildman–Crippen MR) is 73.2 cm³/mol. The fourth-order valence-corrected chi connectivity index (χ4v) is 0. The zero-order valence-corrected chi connectivity index (χ0v) is 15.2. The van der Waals surface area contributed by atoms with Crippen LogP contribution in [0, 0.1) is 0 Å².